The molecule has 2 aromatic rings. The highest BCUT2D eigenvalue weighted by Crippen LogP contribution is 2.32. The van der Waals surface area contributed by atoms with Crippen molar-refractivity contribution in [3.05, 3.63) is 47.5 Å². The fourth-order valence-corrected chi connectivity index (χ4v) is 2.52. The second-order valence-corrected chi connectivity index (χ2v) is 6.26. The largest absolute Gasteiger partial charge is 0.479 e. The molecular formula is C18H18ClN3O3. The maximum Gasteiger partial charge on any atom is 0.265 e. The van der Waals surface area contributed by atoms with Gasteiger partial charge >= 0.3 is 0 Å². The molecule has 1 aliphatic heterocycles. The number of benzene rings is 2. The highest BCUT2D eigenvalue weighted by atomic mass is 35.5. The molecule has 2 atom stereocenters. The van der Waals surface area contributed by atoms with Crippen LogP contribution in [0.4, 0.5) is 17.1 Å². The zero-order valence-electron chi connectivity index (χ0n) is 13.8. The number of hydrogen-bond acceptors (Lipinski definition) is 4. The first-order valence-corrected chi connectivity index (χ1v) is 8.25. The first-order chi connectivity index (χ1) is 11.9. The van der Waals surface area contributed by atoms with Crippen LogP contribution in [0.5, 0.6) is 5.75 Å². The topological polar surface area (TPSA) is 79.5 Å². The molecule has 3 N–H and O–H groups in total. The van der Waals surface area contributed by atoms with E-state index in [1.807, 2.05) is 0 Å². The molecule has 6 nitrogen and oxygen atoms in total. The Kier molecular flexibility index (Phi) is 4.81. The molecule has 25 heavy (non-hydrogen) atoms. The van der Waals surface area contributed by atoms with E-state index in [2.05, 4.69) is 16.0 Å². The predicted octanol–water partition coefficient (Wildman–Crippen LogP) is 3.50. The van der Waals surface area contributed by atoms with Crippen LogP contribution in [0.2, 0.25) is 5.02 Å². The van der Waals surface area contributed by atoms with Crippen molar-refractivity contribution in [2.75, 3.05) is 16.0 Å². The van der Waals surface area contributed by atoms with Crippen LogP contribution in [-0.4, -0.2) is 24.0 Å². The quantitative estimate of drug-likeness (QED) is 0.780. The highest BCUT2D eigenvalue weighted by molar-refractivity contribution is 6.30. The van der Waals surface area contributed by atoms with Gasteiger partial charge in [0.15, 0.2) is 6.10 Å². The van der Waals surface area contributed by atoms with Crippen molar-refractivity contribution >= 4 is 40.5 Å². The molecule has 0 radical (unpaired) electrons. The maximum absolute atomic E-state index is 12.3. The van der Waals surface area contributed by atoms with Crippen LogP contribution in [0.3, 0.4) is 0 Å². The molecule has 3 rings (SSSR count). The Hall–Kier alpha value is -2.73. The van der Waals surface area contributed by atoms with Crippen molar-refractivity contribution in [2.24, 2.45) is 0 Å². The third-order valence-corrected chi connectivity index (χ3v) is 4.05. The third-order valence-electron chi connectivity index (χ3n) is 3.80. The summed E-state index contributed by atoms with van der Waals surface area (Å²) < 4.78 is 5.51. The SMILES string of the molecule is CC(Nc1ccc2c(c1)NC(=O)C(C)O2)C(=O)Nc1ccc(Cl)cc1. The summed E-state index contributed by atoms with van der Waals surface area (Å²) in [5, 5.41) is 9.30. The van der Waals surface area contributed by atoms with Crippen LogP contribution >= 0.6 is 11.6 Å². The molecule has 1 aliphatic rings. The van der Waals surface area contributed by atoms with Crippen LogP contribution in [0, 0.1) is 0 Å². The van der Waals surface area contributed by atoms with Gasteiger partial charge in [-0.05, 0) is 56.3 Å². The number of hydrogen-bond donors (Lipinski definition) is 3. The van der Waals surface area contributed by atoms with E-state index in [9.17, 15) is 9.59 Å². The van der Waals surface area contributed by atoms with Gasteiger partial charge in [0, 0.05) is 16.4 Å². The van der Waals surface area contributed by atoms with Crippen molar-refractivity contribution in [1.29, 1.82) is 0 Å². The Morgan fingerprint density at radius 2 is 1.88 bits per heavy atom. The van der Waals surface area contributed by atoms with Gasteiger partial charge < -0.3 is 20.7 Å². The first-order valence-electron chi connectivity index (χ1n) is 7.87. The molecule has 0 spiro atoms. The molecule has 7 heteroatoms. The molecule has 1 heterocycles. The van der Waals surface area contributed by atoms with Crippen LogP contribution in [0.15, 0.2) is 42.5 Å². The number of ether oxygens (including phenoxy) is 1. The summed E-state index contributed by atoms with van der Waals surface area (Å²) in [6.07, 6.45) is -0.518. The lowest BCUT2D eigenvalue weighted by molar-refractivity contribution is -0.122. The number of anilines is 3. The Balaban J connectivity index is 1.65. The van der Waals surface area contributed by atoms with E-state index in [0.29, 0.717) is 27.8 Å². The van der Waals surface area contributed by atoms with Gasteiger partial charge in [-0.1, -0.05) is 11.6 Å². The minimum absolute atomic E-state index is 0.186. The first kappa shape index (κ1) is 17.1. The molecule has 0 bridgehead atoms. The van der Waals surface area contributed by atoms with E-state index >= 15 is 0 Å². The summed E-state index contributed by atoms with van der Waals surface area (Å²) >= 11 is 5.83. The number of rotatable bonds is 4. The zero-order chi connectivity index (χ0) is 18.0. The smallest absolute Gasteiger partial charge is 0.265 e. The van der Waals surface area contributed by atoms with Gasteiger partial charge in [-0.15, -0.1) is 0 Å². The molecule has 130 valence electrons. The van der Waals surface area contributed by atoms with Crippen molar-refractivity contribution in [1.82, 2.24) is 0 Å². The van der Waals surface area contributed by atoms with Crippen LogP contribution < -0.4 is 20.7 Å². The number of carbonyl (C=O) groups is 2. The standard InChI is InChI=1S/C18H18ClN3O3/c1-10(17(23)21-13-5-3-12(19)4-6-13)20-14-7-8-16-15(9-14)22-18(24)11(2)25-16/h3-11,20H,1-2H3,(H,21,23)(H,22,24). The summed E-state index contributed by atoms with van der Waals surface area (Å²) in [7, 11) is 0. The van der Waals surface area contributed by atoms with Gasteiger partial charge in [0.25, 0.3) is 5.91 Å². The summed E-state index contributed by atoms with van der Waals surface area (Å²) in [5.41, 5.74) is 1.96. The van der Waals surface area contributed by atoms with E-state index in [1.165, 1.54) is 0 Å². The summed E-state index contributed by atoms with van der Waals surface area (Å²) in [5.74, 6) is 0.225. The van der Waals surface area contributed by atoms with E-state index in [1.54, 1.807) is 56.3 Å². The summed E-state index contributed by atoms with van der Waals surface area (Å²) in [4.78, 5) is 24.0. The normalized spacial score (nSPS) is 16.9. The van der Waals surface area contributed by atoms with Gasteiger partial charge in [-0.25, -0.2) is 0 Å². The van der Waals surface area contributed by atoms with E-state index < -0.39 is 12.1 Å². The molecule has 0 saturated carbocycles. The number of carbonyl (C=O) groups excluding carboxylic acids is 2. The lowest BCUT2D eigenvalue weighted by atomic mass is 10.2. The summed E-state index contributed by atoms with van der Waals surface area (Å²) in [6, 6.07) is 11.7. The second-order valence-electron chi connectivity index (χ2n) is 5.82. The molecule has 2 aromatic carbocycles. The lowest BCUT2D eigenvalue weighted by Crippen LogP contribution is -2.34. The molecule has 2 unspecified atom stereocenters. The molecule has 0 fully saturated rings. The van der Waals surface area contributed by atoms with Crippen LogP contribution in [0.25, 0.3) is 0 Å². The molecule has 2 amide bonds. The Morgan fingerprint density at radius 1 is 1.20 bits per heavy atom. The number of halogens is 1. The number of nitrogens with one attached hydrogen (secondary N) is 3. The van der Waals surface area contributed by atoms with Crippen LogP contribution in [-0.2, 0) is 9.59 Å². The van der Waals surface area contributed by atoms with Gasteiger partial charge in [-0.3, -0.25) is 9.59 Å². The Morgan fingerprint density at radius 3 is 2.60 bits per heavy atom. The minimum atomic E-state index is -0.518. The summed E-state index contributed by atoms with van der Waals surface area (Å²) in [6.45, 7) is 3.44. The second kappa shape index (κ2) is 7.03. The predicted molar refractivity (Wildman–Crippen MR) is 98.3 cm³/mol. The lowest BCUT2D eigenvalue weighted by Gasteiger charge is -2.24. The molecule has 0 aromatic heterocycles. The van der Waals surface area contributed by atoms with Gasteiger partial charge in [0.1, 0.15) is 11.8 Å². The van der Waals surface area contributed by atoms with Crippen molar-refractivity contribution in [2.45, 2.75) is 26.0 Å². The maximum atomic E-state index is 12.3. The highest BCUT2D eigenvalue weighted by Gasteiger charge is 2.24. The zero-order valence-corrected chi connectivity index (χ0v) is 14.6. The average molecular weight is 360 g/mol. The minimum Gasteiger partial charge on any atom is -0.479 e. The van der Waals surface area contributed by atoms with E-state index in [-0.39, 0.29) is 11.8 Å². The molecule has 0 saturated heterocycles. The van der Waals surface area contributed by atoms with Gasteiger partial charge in [0.2, 0.25) is 5.91 Å². The third kappa shape index (κ3) is 4.03. The molecular weight excluding hydrogens is 342 g/mol. The Bertz CT molecular complexity index is 808. The van der Waals surface area contributed by atoms with Crippen molar-refractivity contribution in [3.8, 4) is 5.75 Å². The van der Waals surface area contributed by atoms with Gasteiger partial charge in [0.05, 0.1) is 5.69 Å². The fraction of sp³-hybridized carbons (Fsp3) is 0.222. The van der Waals surface area contributed by atoms with E-state index in [0.717, 1.165) is 0 Å². The van der Waals surface area contributed by atoms with Crippen LogP contribution in [0.1, 0.15) is 13.8 Å². The Labute approximate surface area is 150 Å². The number of fused-ring (bicyclic) bond motifs is 1. The average Bonchev–Trinajstić information content (AvgIpc) is 2.58. The molecule has 0 aliphatic carbocycles. The fourth-order valence-electron chi connectivity index (χ4n) is 2.40. The number of amides is 2. The van der Waals surface area contributed by atoms with Gasteiger partial charge in [-0.2, -0.15) is 0 Å². The van der Waals surface area contributed by atoms with E-state index in [4.69, 9.17) is 16.3 Å². The van der Waals surface area contributed by atoms with Crippen molar-refractivity contribution < 1.29 is 14.3 Å². The van der Waals surface area contributed by atoms with Crippen molar-refractivity contribution in [3.63, 3.8) is 0 Å². The monoisotopic (exact) mass is 359 g/mol.